The standard InChI is InChI=1S/C27H32ClF2N5O5/c1-33-24(25(29)30)19(31-32-33)14-40-21-9-8-18(28)17-10-12-35(20(23(17)21)13-34-11-4-7-22(34)36)26(37)15-5-2-3-6-16(15)27(38)39/h8-9,15-16,20,25H,2-7,10-14H2,1H3,(H,38,39)/t15?,16-,20-/m1/s1. The summed E-state index contributed by atoms with van der Waals surface area (Å²) in [5.74, 6) is -2.34. The Morgan fingerprint density at radius 3 is 2.58 bits per heavy atom. The number of aliphatic carboxylic acids is 1. The largest absolute Gasteiger partial charge is 0.487 e. The molecule has 0 bridgehead atoms. The molecule has 1 aromatic heterocycles. The van der Waals surface area contributed by atoms with Gasteiger partial charge in [0.1, 0.15) is 23.7 Å². The Balaban J connectivity index is 1.52. The lowest BCUT2D eigenvalue weighted by molar-refractivity contribution is -0.154. The van der Waals surface area contributed by atoms with E-state index in [1.807, 2.05) is 0 Å². The minimum atomic E-state index is -2.79. The maximum absolute atomic E-state index is 14.0. The van der Waals surface area contributed by atoms with E-state index in [9.17, 15) is 28.3 Å². The molecule has 1 N–H and O–H groups in total. The zero-order valence-electron chi connectivity index (χ0n) is 22.2. The molecule has 40 heavy (non-hydrogen) atoms. The molecule has 1 aromatic carbocycles. The number of carboxylic acid groups (broad SMARTS) is 1. The van der Waals surface area contributed by atoms with E-state index in [-0.39, 0.29) is 36.4 Å². The molecular formula is C27H32ClF2N5O5. The molecule has 2 amide bonds. The summed E-state index contributed by atoms with van der Waals surface area (Å²) in [6.45, 7) is 0.771. The van der Waals surface area contributed by atoms with Gasteiger partial charge in [0.25, 0.3) is 6.43 Å². The van der Waals surface area contributed by atoms with Gasteiger partial charge < -0.3 is 19.6 Å². The second-order valence-corrected chi connectivity index (χ2v) is 11.1. The molecule has 13 heteroatoms. The van der Waals surface area contributed by atoms with Gasteiger partial charge in [-0.3, -0.25) is 14.4 Å². The van der Waals surface area contributed by atoms with Crippen molar-refractivity contribution in [3.63, 3.8) is 0 Å². The third-order valence-corrected chi connectivity index (χ3v) is 8.69. The number of aryl methyl sites for hydroxylation is 1. The maximum Gasteiger partial charge on any atom is 0.307 e. The Kier molecular flexibility index (Phi) is 8.25. The smallest absolute Gasteiger partial charge is 0.307 e. The van der Waals surface area contributed by atoms with E-state index < -0.39 is 30.3 Å². The molecule has 10 nitrogen and oxygen atoms in total. The lowest BCUT2D eigenvalue weighted by atomic mass is 9.77. The molecule has 1 saturated heterocycles. The van der Waals surface area contributed by atoms with Crippen LogP contribution in [-0.4, -0.2) is 67.3 Å². The summed E-state index contributed by atoms with van der Waals surface area (Å²) < 4.78 is 34.3. The van der Waals surface area contributed by atoms with Gasteiger partial charge in [0.2, 0.25) is 11.8 Å². The van der Waals surface area contributed by atoms with E-state index in [4.69, 9.17) is 16.3 Å². The van der Waals surface area contributed by atoms with Crippen LogP contribution in [0.4, 0.5) is 8.78 Å². The summed E-state index contributed by atoms with van der Waals surface area (Å²) in [5.41, 5.74) is 1.00. The third-order valence-electron chi connectivity index (χ3n) is 8.34. The van der Waals surface area contributed by atoms with Gasteiger partial charge in [0, 0.05) is 43.7 Å². The van der Waals surface area contributed by atoms with Crippen molar-refractivity contribution in [3.05, 3.63) is 39.7 Å². The van der Waals surface area contributed by atoms with Crippen LogP contribution in [-0.2, 0) is 34.5 Å². The summed E-state index contributed by atoms with van der Waals surface area (Å²) in [7, 11) is 1.38. The third kappa shape index (κ3) is 5.37. The summed E-state index contributed by atoms with van der Waals surface area (Å²) in [4.78, 5) is 42.1. The van der Waals surface area contributed by atoms with Crippen molar-refractivity contribution in [2.45, 2.75) is 64.0 Å². The van der Waals surface area contributed by atoms with Crippen molar-refractivity contribution >= 4 is 29.4 Å². The minimum Gasteiger partial charge on any atom is -0.487 e. The number of hydrogen-bond acceptors (Lipinski definition) is 6. The van der Waals surface area contributed by atoms with Crippen LogP contribution in [0.1, 0.15) is 73.5 Å². The number of amides is 2. The number of ether oxygens (including phenoxy) is 1. The normalized spacial score (nSPS) is 23.0. The molecule has 3 atom stereocenters. The predicted octanol–water partition coefficient (Wildman–Crippen LogP) is 3.92. The highest BCUT2D eigenvalue weighted by atomic mass is 35.5. The molecule has 2 fully saturated rings. The highest BCUT2D eigenvalue weighted by molar-refractivity contribution is 6.31. The number of carboxylic acids is 1. The molecule has 5 rings (SSSR count). The molecule has 3 aliphatic rings. The van der Waals surface area contributed by atoms with E-state index in [2.05, 4.69) is 10.3 Å². The van der Waals surface area contributed by atoms with Gasteiger partial charge in [-0.1, -0.05) is 29.7 Å². The van der Waals surface area contributed by atoms with Crippen LogP contribution >= 0.6 is 11.6 Å². The zero-order chi connectivity index (χ0) is 28.6. The first-order valence-electron chi connectivity index (χ1n) is 13.6. The first-order chi connectivity index (χ1) is 19.2. The van der Waals surface area contributed by atoms with E-state index in [0.717, 1.165) is 23.1 Å². The Morgan fingerprint density at radius 1 is 1.15 bits per heavy atom. The van der Waals surface area contributed by atoms with Crippen molar-refractivity contribution in [3.8, 4) is 5.75 Å². The first-order valence-corrected chi connectivity index (χ1v) is 14.0. The number of nitrogens with zero attached hydrogens (tertiary/aromatic N) is 5. The second kappa shape index (κ2) is 11.7. The molecule has 2 aromatic rings. The minimum absolute atomic E-state index is 0.0114. The van der Waals surface area contributed by atoms with Crippen LogP contribution in [0.2, 0.25) is 5.02 Å². The molecule has 1 aliphatic carbocycles. The van der Waals surface area contributed by atoms with E-state index in [1.165, 1.54) is 7.05 Å². The van der Waals surface area contributed by atoms with Gasteiger partial charge in [0.15, 0.2) is 0 Å². The molecule has 1 unspecified atom stereocenters. The highest BCUT2D eigenvalue weighted by Crippen LogP contribution is 2.43. The van der Waals surface area contributed by atoms with Crippen LogP contribution in [0, 0.1) is 11.8 Å². The van der Waals surface area contributed by atoms with E-state index in [0.29, 0.717) is 61.5 Å². The average Bonchev–Trinajstić information content (AvgIpc) is 3.52. The summed E-state index contributed by atoms with van der Waals surface area (Å²) in [5, 5.41) is 17.8. The van der Waals surface area contributed by atoms with Crippen LogP contribution in [0.15, 0.2) is 12.1 Å². The lowest BCUT2D eigenvalue weighted by Crippen LogP contribution is -2.50. The molecule has 0 spiro atoms. The van der Waals surface area contributed by atoms with Crippen LogP contribution < -0.4 is 4.74 Å². The van der Waals surface area contributed by atoms with Gasteiger partial charge in [0.05, 0.1) is 17.9 Å². The number of halogens is 3. The number of alkyl halides is 2. The number of aromatic nitrogens is 3. The first kappa shape index (κ1) is 28.3. The molecular weight excluding hydrogens is 548 g/mol. The number of carbonyl (C=O) groups excluding carboxylic acids is 2. The van der Waals surface area contributed by atoms with Crippen LogP contribution in [0.3, 0.4) is 0 Å². The summed E-state index contributed by atoms with van der Waals surface area (Å²) in [6.07, 6.45) is 1.18. The van der Waals surface area contributed by atoms with Crippen LogP contribution in [0.25, 0.3) is 0 Å². The van der Waals surface area contributed by atoms with Gasteiger partial charge in [-0.15, -0.1) is 5.10 Å². The molecule has 0 radical (unpaired) electrons. The quantitative estimate of drug-likeness (QED) is 0.503. The fourth-order valence-electron chi connectivity index (χ4n) is 6.32. The average molecular weight is 580 g/mol. The molecule has 3 heterocycles. The number of hydrogen-bond donors (Lipinski definition) is 1. The Bertz CT molecular complexity index is 1300. The van der Waals surface area contributed by atoms with Gasteiger partial charge >= 0.3 is 5.97 Å². The number of carbonyl (C=O) groups is 3. The lowest BCUT2D eigenvalue weighted by Gasteiger charge is -2.43. The number of benzene rings is 1. The second-order valence-electron chi connectivity index (χ2n) is 10.6. The van der Waals surface area contributed by atoms with Crippen molar-refractivity contribution in [2.75, 3.05) is 19.6 Å². The zero-order valence-corrected chi connectivity index (χ0v) is 22.9. The predicted molar refractivity (Wildman–Crippen MR) is 139 cm³/mol. The summed E-state index contributed by atoms with van der Waals surface area (Å²) >= 11 is 6.61. The fraction of sp³-hybridized carbons (Fsp3) is 0.593. The van der Waals surface area contributed by atoms with Crippen molar-refractivity contribution in [1.29, 1.82) is 0 Å². The Hall–Kier alpha value is -3.28. The van der Waals surface area contributed by atoms with Crippen molar-refractivity contribution in [2.24, 2.45) is 18.9 Å². The molecule has 2 aliphatic heterocycles. The molecule has 216 valence electrons. The molecule has 1 saturated carbocycles. The maximum atomic E-state index is 14.0. The monoisotopic (exact) mass is 579 g/mol. The number of rotatable bonds is 8. The van der Waals surface area contributed by atoms with Gasteiger partial charge in [-0.05, 0) is 43.4 Å². The van der Waals surface area contributed by atoms with Gasteiger partial charge in [-0.25, -0.2) is 13.5 Å². The topological polar surface area (TPSA) is 118 Å². The van der Waals surface area contributed by atoms with Crippen molar-refractivity contribution in [1.82, 2.24) is 24.8 Å². The number of likely N-dealkylation sites (tertiary alicyclic amines) is 1. The summed E-state index contributed by atoms with van der Waals surface area (Å²) in [6, 6.07) is 2.66. The van der Waals surface area contributed by atoms with Gasteiger partial charge in [-0.2, -0.15) is 0 Å². The van der Waals surface area contributed by atoms with E-state index >= 15 is 0 Å². The Labute approximate surface area is 235 Å². The fourth-order valence-corrected chi connectivity index (χ4v) is 6.58. The SMILES string of the molecule is Cn1nnc(COc2ccc(Cl)c3c2[C@@H](CN2CCCC2=O)N(C(=O)C2CCCC[C@H]2C(=O)O)CC3)c1C(F)F. The van der Waals surface area contributed by atoms with E-state index in [1.54, 1.807) is 21.9 Å². The number of fused-ring (bicyclic) bond motifs is 1. The van der Waals surface area contributed by atoms with Crippen molar-refractivity contribution < 1.29 is 33.0 Å². The highest BCUT2D eigenvalue weighted by Gasteiger charge is 2.43. The van der Waals surface area contributed by atoms with Crippen LogP contribution in [0.5, 0.6) is 5.75 Å². The Morgan fingerprint density at radius 2 is 1.90 bits per heavy atom.